The van der Waals surface area contributed by atoms with Crippen molar-refractivity contribution in [2.45, 2.75) is 19.8 Å². The second-order valence-electron chi connectivity index (χ2n) is 5.78. The molecule has 5 heteroatoms. The van der Waals surface area contributed by atoms with Crippen LogP contribution in [-0.4, -0.2) is 33.0 Å². The van der Waals surface area contributed by atoms with Crippen molar-refractivity contribution in [1.82, 2.24) is 0 Å². The molecule has 2 rings (SSSR count). The number of ether oxygens (including phenoxy) is 2. The zero-order valence-electron chi connectivity index (χ0n) is 15.0. The van der Waals surface area contributed by atoms with Crippen LogP contribution < -0.4 is 14.4 Å². The third kappa shape index (κ3) is 4.59. The maximum absolute atomic E-state index is 12.4. The predicted molar refractivity (Wildman–Crippen MR) is 97.7 cm³/mol. The lowest BCUT2D eigenvalue weighted by Gasteiger charge is -2.19. The van der Waals surface area contributed by atoms with Gasteiger partial charge in [0.05, 0.1) is 14.2 Å². The minimum Gasteiger partial charge on any atom is -0.493 e. The second-order valence-corrected chi connectivity index (χ2v) is 5.78. The zero-order valence-corrected chi connectivity index (χ0v) is 15.0. The summed E-state index contributed by atoms with van der Waals surface area (Å²) in [5, 5.41) is 0. The van der Waals surface area contributed by atoms with Crippen LogP contribution in [0.25, 0.3) is 0 Å². The fraction of sp³-hybridized carbons (Fsp3) is 0.300. The molecule has 0 aliphatic carbocycles. The predicted octanol–water partition coefficient (Wildman–Crippen LogP) is 3.64. The highest BCUT2D eigenvalue weighted by Crippen LogP contribution is 2.31. The van der Waals surface area contributed by atoms with Crippen molar-refractivity contribution in [3.8, 4) is 11.5 Å². The Morgan fingerprint density at radius 2 is 1.56 bits per heavy atom. The molecule has 0 heterocycles. The number of nitrogens with zero attached hydrogens (tertiary/aromatic N) is 1. The van der Waals surface area contributed by atoms with Crippen molar-refractivity contribution < 1.29 is 19.1 Å². The third-order valence-electron chi connectivity index (χ3n) is 4.07. The maximum Gasteiger partial charge on any atom is 0.227 e. The Hall–Kier alpha value is -2.82. The van der Waals surface area contributed by atoms with Gasteiger partial charge in [-0.05, 0) is 19.1 Å². The molecule has 0 atom stereocenters. The Morgan fingerprint density at radius 1 is 0.920 bits per heavy atom. The van der Waals surface area contributed by atoms with Gasteiger partial charge >= 0.3 is 0 Å². The molecule has 0 saturated carbocycles. The van der Waals surface area contributed by atoms with Gasteiger partial charge < -0.3 is 14.4 Å². The van der Waals surface area contributed by atoms with Gasteiger partial charge in [-0.2, -0.15) is 0 Å². The van der Waals surface area contributed by atoms with E-state index in [2.05, 4.69) is 0 Å². The molecule has 2 aromatic carbocycles. The summed E-state index contributed by atoms with van der Waals surface area (Å²) in [7, 11) is 4.78. The molecule has 0 saturated heterocycles. The largest absolute Gasteiger partial charge is 0.493 e. The van der Waals surface area contributed by atoms with E-state index < -0.39 is 0 Å². The number of hydrogen-bond donors (Lipinski definition) is 0. The van der Waals surface area contributed by atoms with Gasteiger partial charge in [0.1, 0.15) is 0 Å². The fourth-order valence-electron chi connectivity index (χ4n) is 2.45. The van der Waals surface area contributed by atoms with Crippen molar-refractivity contribution in [3.05, 3.63) is 53.6 Å². The van der Waals surface area contributed by atoms with Gasteiger partial charge in [-0.1, -0.05) is 29.8 Å². The number of rotatable bonds is 7. The minimum absolute atomic E-state index is 0.0333. The summed E-state index contributed by atoms with van der Waals surface area (Å²) in [6, 6.07) is 12.6. The third-order valence-corrected chi connectivity index (χ3v) is 4.07. The smallest absolute Gasteiger partial charge is 0.227 e. The Labute approximate surface area is 148 Å². The number of carbonyl (C=O) groups is 2. The highest BCUT2D eigenvalue weighted by Gasteiger charge is 2.16. The topological polar surface area (TPSA) is 55.8 Å². The number of amides is 1. The Bertz CT molecular complexity index is 753. The Balaban J connectivity index is 2.00. The molecule has 0 unspecified atom stereocenters. The summed E-state index contributed by atoms with van der Waals surface area (Å²) in [5.74, 6) is 0.985. The van der Waals surface area contributed by atoms with Crippen LogP contribution in [-0.2, 0) is 4.79 Å². The summed E-state index contributed by atoms with van der Waals surface area (Å²) in [4.78, 5) is 26.1. The number of hydrogen-bond acceptors (Lipinski definition) is 4. The molecule has 132 valence electrons. The molecular weight excluding hydrogens is 318 g/mol. The van der Waals surface area contributed by atoms with E-state index in [1.807, 2.05) is 19.1 Å². The summed E-state index contributed by atoms with van der Waals surface area (Å²) < 4.78 is 10.5. The number of anilines is 1. The summed E-state index contributed by atoms with van der Waals surface area (Å²) in [6.45, 7) is 1.97. The molecule has 0 aliphatic rings. The lowest BCUT2D eigenvalue weighted by Crippen LogP contribution is -2.26. The van der Waals surface area contributed by atoms with E-state index in [1.54, 1.807) is 51.6 Å². The maximum atomic E-state index is 12.4. The molecule has 0 aromatic heterocycles. The van der Waals surface area contributed by atoms with Gasteiger partial charge in [0, 0.05) is 37.2 Å². The number of ketones is 1. The average Bonchev–Trinajstić information content (AvgIpc) is 2.65. The van der Waals surface area contributed by atoms with Crippen LogP contribution >= 0.6 is 0 Å². The first-order valence-corrected chi connectivity index (χ1v) is 8.04. The molecule has 5 nitrogen and oxygen atoms in total. The van der Waals surface area contributed by atoms with E-state index in [1.165, 1.54) is 4.90 Å². The molecule has 0 spiro atoms. The van der Waals surface area contributed by atoms with Gasteiger partial charge in [0.2, 0.25) is 5.91 Å². The fourth-order valence-corrected chi connectivity index (χ4v) is 2.45. The number of carbonyl (C=O) groups excluding carboxylic acids is 2. The lowest BCUT2D eigenvalue weighted by molar-refractivity contribution is -0.118. The van der Waals surface area contributed by atoms with Gasteiger partial charge in [0.25, 0.3) is 0 Å². The van der Waals surface area contributed by atoms with Gasteiger partial charge in [-0.25, -0.2) is 0 Å². The van der Waals surface area contributed by atoms with Gasteiger partial charge in [-0.15, -0.1) is 0 Å². The van der Waals surface area contributed by atoms with Crippen molar-refractivity contribution >= 4 is 17.4 Å². The summed E-state index contributed by atoms with van der Waals surface area (Å²) in [5.41, 5.74) is 2.42. The van der Waals surface area contributed by atoms with E-state index in [-0.39, 0.29) is 24.5 Å². The van der Waals surface area contributed by atoms with E-state index in [4.69, 9.17) is 9.47 Å². The normalized spacial score (nSPS) is 10.2. The average molecular weight is 341 g/mol. The minimum atomic E-state index is -0.132. The second kappa shape index (κ2) is 8.33. The standard InChI is InChI=1S/C20H23NO4/c1-14-5-7-15(8-6-14)17(22)10-12-20(23)21(2)16-9-11-18(24-3)19(13-16)25-4/h5-9,11,13H,10,12H2,1-4H3. The molecule has 0 bridgehead atoms. The lowest BCUT2D eigenvalue weighted by atomic mass is 10.0. The molecule has 1 amide bonds. The Kier molecular flexibility index (Phi) is 6.17. The first kappa shape index (κ1) is 18.5. The van der Waals surface area contributed by atoms with Crippen LogP contribution in [0, 0.1) is 6.92 Å². The van der Waals surface area contributed by atoms with Crippen LogP contribution in [0.4, 0.5) is 5.69 Å². The van der Waals surface area contributed by atoms with E-state index in [0.29, 0.717) is 22.7 Å². The molecule has 0 aliphatic heterocycles. The quantitative estimate of drug-likeness (QED) is 0.722. The highest BCUT2D eigenvalue weighted by molar-refractivity contribution is 6.00. The summed E-state index contributed by atoms with van der Waals surface area (Å²) >= 11 is 0. The molecule has 2 aromatic rings. The first-order chi connectivity index (χ1) is 12.0. The molecule has 0 radical (unpaired) electrons. The number of aryl methyl sites for hydroxylation is 1. The molecule has 0 fully saturated rings. The Morgan fingerprint density at radius 3 is 2.16 bits per heavy atom. The van der Waals surface area contributed by atoms with Crippen LogP contribution in [0.3, 0.4) is 0 Å². The van der Waals surface area contributed by atoms with Crippen LogP contribution in [0.5, 0.6) is 11.5 Å². The van der Waals surface area contributed by atoms with E-state index in [0.717, 1.165) is 5.56 Å². The van der Waals surface area contributed by atoms with E-state index >= 15 is 0 Å². The monoisotopic (exact) mass is 341 g/mol. The van der Waals surface area contributed by atoms with E-state index in [9.17, 15) is 9.59 Å². The molecule has 0 N–H and O–H groups in total. The number of methoxy groups -OCH3 is 2. The van der Waals surface area contributed by atoms with Crippen LogP contribution in [0.1, 0.15) is 28.8 Å². The van der Waals surface area contributed by atoms with Crippen molar-refractivity contribution in [2.75, 3.05) is 26.2 Å². The van der Waals surface area contributed by atoms with Crippen LogP contribution in [0.2, 0.25) is 0 Å². The van der Waals surface area contributed by atoms with Crippen molar-refractivity contribution in [3.63, 3.8) is 0 Å². The van der Waals surface area contributed by atoms with Crippen molar-refractivity contribution in [2.24, 2.45) is 0 Å². The number of Topliss-reactive ketones (excluding diaryl/α,β-unsaturated/α-hetero) is 1. The number of benzene rings is 2. The molecular formula is C20H23NO4. The SMILES string of the molecule is COc1ccc(N(C)C(=O)CCC(=O)c2ccc(C)cc2)cc1OC. The van der Waals surface area contributed by atoms with Crippen LogP contribution in [0.15, 0.2) is 42.5 Å². The molecule has 25 heavy (non-hydrogen) atoms. The zero-order chi connectivity index (χ0) is 18.4. The van der Waals surface area contributed by atoms with Gasteiger partial charge in [0.15, 0.2) is 17.3 Å². The highest BCUT2D eigenvalue weighted by atomic mass is 16.5. The van der Waals surface area contributed by atoms with Gasteiger partial charge in [-0.3, -0.25) is 9.59 Å². The first-order valence-electron chi connectivity index (χ1n) is 8.04. The van der Waals surface area contributed by atoms with Crippen molar-refractivity contribution in [1.29, 1.82) is 0 Å². The summed E-state index contributed by atoms with van der Waals surface area (Å²) in [6.07, 6.45) is 0.330.